The van der Waals surface area contributed by atoms with Crippen molar-refractivity contribution in [1.82, 2.24) is 39.0 Å². The zero-order valence-electron chi connectivity index (χ0n) is 27.4. The summed E-state index contributed by atoms with van der Waals surface area (Å²) in [6.45, 7) is -9.52. The molecule has 3 aliphatic rings. The van der Waals surface area contributed by atoms with Crippen LogP contribution < -0.4 is 11.1 Å². The molecule has 0 aromatic carbocycles. The number of aliphatic hydroxyl groups is 3. The SMILES string of the molecule is Nc1ncnc2c1ncn2[C@H]1O[C@@H]2COP(O)(=S)O[C@H]3[C@@H](O)[C@H](n4cnc5c(NC(=O)OCCSSCCO)ncnc54)O[C@H]3COP(=O)(S)O[C@H]2[C@H]1O. The Labute approximate surface area is 322 Å². The van der Waals surface area contributed by atoms with Crippen LogP contribution in [0.5, 0.6) is 0 Å². The number of amides is 1. The highest BCUT2D eigenvalue weighted by atomic mass is 33.1. The first kappa shape index (κ1) is 39.9. The fourth-order valence-corrected chi connectivity index (χ4v) is 10.3. The molecule has 4 aromatic heterocycles. The second-order valence-electron chi connectivity index (χ2n) is 11.5. The summed E-state index contributed by atoms with van der Waals surface area (Å²) < 4.78 is 56.2. The number of nitrogen functional groups attached to an aromatic ring is 1. The summed E-state index contributed by atoms with van der Waals surface area (Å²) in [6.07, 6.45) is -6.81. The first-order valence-corrected chi connectivity index (χ1v) is 23.5. The van der Waals surface area contributed by atoms with Gasteiger partial charge >= 0.3 is 19.6 Å². The number of aromatic nitrogens is 8. The highest BCUT2D eigenvalue weighted by molar-refractivity contribution is 8.76. The maximum Gasteiger partial charge on any atom is 0.412 e. The lowest BCUT2D eigenvalue weighted by Crippen LogP contribution is -2.38. The highest BCUT2D eigenvalue weighted by Gasteiger charge is 2.53. The topological polar surface area (TPSA) is 305 Å². The molecule has 0 bridgehead atoms. The third-order valence-electron chi connectivity index (χ3n) is 8.10. The van der Waals surface area contributed by atoms with Gasteiger partial charge in [-0.25, -0.2) is 39.3 Å². The number of carbonyl (C=O) groups is 1. The third-order valence-corrected chi connectivity index (χ3v) is 13.6. The number of hydrogen-bond donors (Lipinski definition) is 7. The number of carbonyl (C=O) groups excluding carboxylic acids is 1. The minimum Gasteiger partial charge on any atom is -0.448 e. The number of anilines is 2. The van der Waals surface area contributed by atoms with Crippen LogP contribution in [-0.2, 0) is 48.7 Å². The summed E-state index contributed by atoms with van der Waals surface area (Å²) in [4.78, 5) is 48.4. The van der Waals surface area contributed by atoms with Crippen molar-refractivity contribution in [3.63, 3.8) is 0 Å². The molecular formula is C25H32N10O13P2S4. The maximum absolute atomic E-state index is 13.6. The molecule has 3 saturated heterocycles. The molecule has 1 amide bonds. The minimum atomic E-state index is -4.33. The molecule has 0 saturated carbocycles. The van der Waals surface area contributed by atoms with Crippen LogP contribution in [0.1, 0.15) is 12.5 Å². The van der Waals surface area contributed by atoms with Crippen LogP contribution in [0, 0.1) is 0 Å². The summed E-state index contributed by atoms with van der Waals surface area (Å²) >= 11 is 9.40. The first-order chi connectivity index (χ1) is 25.9. The van der Waals surface area contributed by atoms with Crippen LogP contribution in [-0.4, -0.2) is 140 Å². The van der Waals surface area contributed by atoms with Gasteiger partial charge in [-0.1, -0.05) is 33.8 Å². The predicted molar refractivity (Wildman–Crippen MR) is 197 cm³/mol. The Balaban J connectivity index is 1.07. The molecule has 0 radical (unpaired) electrons. The molecule has 3 aliphatic heterocycles. The summed E-state index contributed by atoms with van der Waals surface area (Å²) in [5.41, 5.74) is 6.60. The van der Waals surface area contributed by atoms with Gasteiger partial charge in [-0.3, -0.25) is 28.0 Å². The molecule has 10 atom stereocenters. The van der Waals surface area contributed by atoms with E-state index in [1.165, 1.54) is 49.7 Å². The zero-order chi connectivity index (χ0) is 38.2. The number of rotatable bonds is 9. The van der Waals surface area contributed by atoms with Gasteiger partial charge in [0.05, 0.1) is 32.5 Å². The molecule has 0 spiro atoms. The average molecular weight is 871 g/mol. The Morgan fingerprint density at radius 3 is 2.22 bits per heavy atom. The van der Waals surface area contributed by atoms with Gasteiger partial charge in [0.15, 0.2) is 40.9 Å². The van der Waals surface area contributed by atoms with Gasteiger partial charge < -0.3 is 44.7 Å². The van der Waals surface area contributed by atoms with Crippen molar-refractivity contribution >= 4 is 99.2 Å². The molecule has 54 heavy (non-hydrogen) atoms. The number of thiol groups is 1. The first-order valence-electron chi connectivity index (χ1n) is 15.7. The molecular weight excluding hydrogens is 839 g/mol. The van der Waals surface area contributed by atoms with E-state index in [1.54, 1.807) is 0 Å². The Bertz CT molecular complexity index is 2090. The summed E-state index contributed by atoms with van der Waals surface area (Å²) in [5.74, 6) is 1.14. The Kier molecular flexibility index (Phi) is 12.3. The molecule has 7 N–H and O–H groups in total. The smallest absolute Gasteiger partial charge is 0.412 e. The van der Waals surface area contributed by atoms with Gasteiger partial charge in [0.1, 0.15) is 61.4 Å². The number of nitrogens with zero attached hydrogens (tertiary/aromatic N) is 8. The molecule has 7 rings (SSSR count). The average Bonchev–Trinajstić information content (AvgIpc) is 3.89. The number of nitrogens with one attached hydrogen (secondary N) is 1. The van der Waals surface area contributed by atoms with Gasteiger partial charge in [0.2, 0.25) is 0 Å². The van der Waals surface area contributed by atoms with E-state index in [2.05, 4.69) is 47.5 Å². The van der Waals surface area contributed by atoms with Crippen LogP contribution in [0.3, 0.4) is 0 Å². The molecule has 7 heterocycles. The number of ether oxygens (including phenoxy) is 3. The molecule has 4 aromatic rings. The van der Waals surface area contributed by atoms with Crippen molar-refractivity contribution in [1.29, 1.82) is 0 Å². The van der Waals surface area contributed by atoms with Gasteiger partial charge in [-0.05, 0) is 11.8 Å². The number of aliphatic hydroxyl groups excluding tert-OH is 3. The minimum absolute atomic E-state index is 0.00728. The molecule has 23 nitrogen and oxygen atoms in total. The van der Waals surface area contributed by atoms with Crippen molar-refractivity contribution < 1.29 is 61.9 Å². The molecule has 3 fully saturated rings. The second-order valence-corrected chi connectivity index (χ2v) is 19.9. The van der Waals surface area contributed by atoms with Crippen molar-refractivity contribution in [2.45, 2.75) is 49.1 Å². The summed E-state index contributed by atoms with van der Waals surface area (Å²) in [7, 11) is 2.88. The fourth-order valence-electron chi connectivity index (χ4n) is 5.77. The van der Waals surface area contributed by atoms with Gasteiger partial charge in [0, 0.05) is 11.5 Å². The number of fused-ring (bicyclic) bond motifs is 4. The summed E-state index contributed by atoms with van der Waals surface area (Å²) in [5, 5.41) is 34.2. The zero-order valence-corrected chi connectivity index (χ0v) is 32.5. The molecule has 29 heteroatoms. The standard InChI is InChI=1S/C25H32N10O13P2S4/c26-19-13-21(29-7-27-19)34(9-31-13)23-15(37)17-11(45-23)5-43-50(41,52)48-18-12(6-44-49(40,51)47-17)46-24(16(18)38)35-10-32-14-20(28-8-30-22(14)35)33-25(39)42-2-4-54-53-3-1-36/h7-12,15-18,23-24,36-38H,1-6H2,(H,40,51)(H,41,52)(H2,26,27,29)(H,28,30,33,39)/t11-,12+,15-,16-,17-,18-,23+,24-,49?,50?/m1/s1. The number of imidazole rings is 2. The normalized spacial score (nSPS) is 33.2. The number of hydrogen-bond acceptors (Lipinski definition) is 22. The van der Waals surface area contributed by atoms with E-state index in [9.17, 15) is 24.5 Å². The quantitative estimate of drug-likeness (QED) is 0.0528. The molecule has 294 valence electrons. The van der Waals surface area contributed by atoms with E-state index >= 15 is 0 Å². The van der Waals surface area contributed by atoms with E-state index in [1.807, 2.05) is 0 Å². The Morgan fingerprint density at radius 1 is 0.944 bits per heavy atom. The fraction of sp³-hybridized carbons (Fsp3) is 0.560. The van der Waals surface area contributed by atoms with E-state index in [0.717, 1.165) is 6.33 Å². The van der Waals surface area contributed by atoms with Crippen LogP contribution in [0.4, 0.5) is 16.4 Å². The van der Waals surface area contributed by atoms with E-state index < -0.39 is 81.9 Å². The van der Waals surface area contributed by atoms with Crippen molar-refractivity contribution in [2.75, 3.05) is 49.0 Å². The summed E-state index contributed by atoms with van der Waals surface area (Å²) in [6, 6.07) is 0. The van der Waals surface area contributed by atoms with Crippen LogP contribution in [0.2, 0.25) is 0 Å². The van der Waals surface area contributed by atoms with E-state index in [0.29, 0.717) is 11.5 Å². The van der Waals surface area contributed by atoms with Gasteiger partial charge in [-0.2, -0.15) is 0 Å². The lowest BCUT2D eigenvalue weighted by molar-refractivity contribution is -0.0577. The Hall–Kier alpha value is -2.30. The van der Waals surface area contributed by atoms with Crippen LogP contribution >= 0.6 is 47.4 Å². The van der Waals surface area contributed by atoms with E-state index in [-0.39, 0.29) is 47.2 Å². The van der Waals surface area contributed by atoms with E-state index in [4.69, 9.17) is 55.0 Å². The predicted octanol–water partition coefficient (Wildman–Crippen LogP) is 0.759. The van der Waals surface area contributed by atoms with Gasteiger partial charge in [0.25, 0.3) is 0 Å². The van der Waals surface area contributed by atoms with Gasteiger partial charge in [-0.15, -0.1) is 0 Å². The Morgan fingerprint density at radius 2 is 1.54 bits per heavy atom. The lowest BCUT2D eigenvalue weighted by atomic mass is 10.1. The van der Waals surface area contributed by atoms with Crippen molar-refractivity contribution in [2.24, 2.45) is 0 Å². The van der Waals surface area contributed by atoms with Crippen LogP contribution in [0.25, 0.3) is 22.3 Å². The van der Waals surface area contributed by atoms with Crippen LogP contribution in [0.15, 0.2) is 25.3 Å². The second kappa shape index (κ2) is 16.7. The maximum atomic E-state index is 13.6. The molecule has 0 aliphatic carbocycles. The highest BCUT2D eigenvalue weighted by Crippen LogP contribution is 2.58. The molecule has 2 unspecified atom stereocenters. The lowest BCUT2D eigenvalue weighted by Gasteiger charge is -2.29. The number of nitrogens with two attached hydrogens (primary N) is 1. The van der Waals surface area contributed by atoms with Crippen molar-refractivity contribution in [3.8, 4) is 0 Å². The largest absolute Gasteiger partial charge is 0.448 e. The third kappa shape index (κ3) is 8.51. The monoisotopic (exact) mass is 870 g/mol. The van der Waals surface area contributed by atoms with Crippen molar-refractivity contribution in [3.05, 3.63) is 25.3 Å².